The molecule has 1 unspecified atom stereocenters. The lowest BCUT2D eigenvalue weighted by Gasteiger charge is -2.12. The number of rotatable bonds is 16. The van der Waals surface area contributed by atoms with Crippen LogP contribution in [0.4, 0.5) is 0 Å². The van der Waals surface area contributed by atoms with Gasteiger partial charge in [0.25, 0.3) is 0 Å². The van der Waals surface area contributed by atoms with Gasteiger partial charge in [0.05, 0.1) is 6.10 Å². The van der Waals surface area contributed by atoms with Crippen molar-refractivity contribution in [2.24, 2.45) is 0 Å². The third-order valence-electron chi connectivity index (χ3n) is 4.20. The van der Waals surface area contributed by atoms with E-state index < -0.39 is 0 Å². The third-order valence-corrected chi connectivity index (χ3v) is 4.20. The van der Waals surface area contributed by atoms with Crippen molar-refractivity contribution in [3.63, 3.8) is 0 Å². The van der Waals surface area contributed by atoms with Crippen LogP contribution in [0.5, 0.6) is 0 Å². The second kappa shape index (κ2) is 17.5. The molecule has 1 amide bonds. The molecule has 0 aromatic carbocycles. The topological polar surface area (TPSA) is 38.3 Å². The van der Waals surface area contributed by atoms with E-state index in [1.165, 1.54) is 64.2 Å². The Morgan fingerprint density at radius 3 is 2.39 bits per heavy atom. The van der Waals surface area contributed by atoms with Crippen molar-refractivity contribution in [1.82, 2.24) is 5.32 Å². The molecule has 0 aliphatic rings. The fourth-order valence-electron chi connectivity index (χ4n) is 2.68. The van der Waals surface area contributed by atoms with Gasteiger partial charge in [0, 0.05) is 20.6 Å². The van der Waals surface area contributed by atoms with Crippen molar-refractivity contribution in [3.05, 3.63) is 12.2 Å². The van der Waals surface area contributed by atoms with E-state index in [0.29, 0.717) is 6.10 Å². The van der Waals surface area contributed by atoms with Gasteiger partial charge in [-0.25, -0.2) is 0 Å². The Labute approximate surface area is 144 Å². The third kappa shape index (κ3) is 17.4. The standard InChI is InChI=1S/C20H39NO2/c1-4-5-6-13-16-20(23-3)17-14-11-9-7-8-10-12-15-18-21-19(2)22/h11,14,20H,4-10,12-13,15-18H2,1-3H3,(H,21,22)/b14-11+. The van der Waals surface area contributed by atoms with Gasteiger partial charge in [-0.1, -0.05) is 64.0 Å². The van der Waals surface area contributed by atoms with E-state index >= 15 is 0 Å². The van der Waals surface area contributed by atoms with Gasteiger partial charge < -0.3 is 10.1 Å². The molecule has 3 nitrogen and oxygen atoms in total. The first-order valence-corrected chi connectivity index (χ1v) is 9.63. The summed E-state index contributed by atoms with van der Waals surface area (Å²) in [6.45, 7) is 4.65. The predicted molar refractivity (Wildman–Crippen MR) is 99.7 cm³/mol. The van der Waals surface area contributed by atoms with Crippen LogP contribution in [0.3, 0.4) is 0 Å². The van der Waals surface area contributed by atoms with Crippen molar-refractivity contribution in [1.29, 1.82) is 0 Å². The fraction of sp³-hybridized carbons (Fsp3) is 0.850. The second-order valence-electron chi connectivity index (χ2n) is 6.45. The number of carbonyl (C=O) groups excluding carboxylic acids is 1. The number of amides is 1. The maximum absolute atomic E-state index is 10.7. The summed E-state index contributed by atoms with van der Waals surface area (Å²) in [4.78, 5) is 10.7. The Balaban J connectivity index is 3.39. The molecule has 0 saturated heterocycles. The highest BCUT2D eigenvalue weighted by atomic mass is 16.5. The van der Waals surface area contributed by atoms with Crippen LogP contribution in [0.25, 0.3) is 0 Å². The van der Waals surface area contributed by atoms with Crippen LogP contribution < -0.4 is 5.32 Å². The highest BCUT2D eigenvalue weighted by molar-refractivity contribution is 5.72. The summed E-state index contributed by atoms with van der Waals surface area (Å²) in [5, 5.41) is 2.84. The summed E-state index contributed by atoms with van der Waals surface area (Å²) >= 11 is 0. The maximum atomic E-state index is 10.7. The van der Waals surface area contributed by atoms with Crippen LogP contribution in [0.15, 0.2) is 12.2 Å². The molecule has 0 heterocycles. The smallest absolute Gasteiger partial charge is 0.216 e. The van der Waals surface area contributed by atoms with Crippen LogP contribution in [0.1, 0.15) is 90.9 Å². The van der Waals surface area contributed by atoms with E-state index in [2.05, 4.69) is 24.4 Å². The molecule has 1 atom stereocenters. The van der Waals surface area contributed by atoms with E-state index in [-0.39, 0.29) is 5.91 Å². The van der Waals surface area contributed by atoms with Crippen LogP contribution in [-0.4, -0.2) is 25.7 Å². The minimum atomic E-state index is 0.0786. The van der Waals surface area contributed by atoms with Crippen molar-refractivity contribution < 1.29 is 9.53 Å². The number of methoxy groups -OCH3 is 1. The molecule has 0 aromatic rings. The normalized spacial score (nSPS) is 12.7. The molecule has 0 saturated carbocycles. The van der Waals surface area contributed by atoms with Crippen molar-refractivity contribution >= 4 is 5.91 Å². The molecule has 136 valence electrons. The zero-order valence-electron chi connectivity index (χ0n) is 15.7. The van der Waals surface area contributed by atoms with E-state index in [9.17, 15) is 4.79 Å². The van der Waals surface area contributed by atoms with E-state index in [4.69, 9.17) is 4.74 Å². The number of unbranched alkanes of at least 4 members (excludes halogenated alkanes) is 8. The van der Waals surface area contributed by atoms with Gasteiger partial charge in [0.1, 0.15) is 0 Å². The summed E-state index contributed by atoms with van der Waals surface area (Å²) in [5.74, 6) is 0.0786. The Morgan fingerprint density at radius 1 is 1.00 bits per heavy atom. The van der Waals surface area contributed by atoms with Gasteiger partial charge in [-0.15, -0.1) is 0 Å². The molecule has 0 aromatic heterocycles. The highest BCUT2D eigenvalue weighted by Crippen LogP contribution is 2.12. The second-order valence-corrected chi connectivity index (χ2v) is 6.45. The molecular formula is C20H39NO2. The minimum Gasteiger partial charge on any atom is -0.381 e. The first kappa shape index (κ1) is 22.2. The van der Waals surface area contributed by atoms with Crippen LogP contribution >= 0.6 is 0 Å². The molecule has 3 heteroatoms. The lowest BCUT2D eigenvalue weighted by molar-refractivity contribution is -0.118. The minimum absolute atomic E-state index is 0.0786. The molecule has 0 fully saturated rings. The van der Waals surface area contributed by atoms with Gasteiger partial charge in [0.2, 0.25) is 5.91 Å². The monoisotopic (exact) mass is 325 g/mol. The highest BCUT2D eigenvalue weighted by Gasteiger charge is 2.04. The quantitative estimate of drug-likeness (QED) is 0.305. The Bertz CT molecular complexity index is 289. The van der Waals surface area contributed by atoms with E-state index in [1.54, 1.807) is 6.92 Å². The summed E-state index contributed by atoms with van der Waals surface area (Å²) in [5.41, 5.74) is 0. The zero-order chi connectivity index (χ0) is 17.2. The Hall–Kier alpha value is -0.830. The van der Waals surface area contributed by atoms with Gasteiger partial charge in [-0.05, 0) is 32.1 Å². The fourth-order valence-corrected chi connectivity index (χ4v) is 2.68. The number of ether oxygens (including phenoxy) is 1. The summed E-state index contributed by atoms with van der Waals surface area (Å²) in [7, 11) is 1.83. The molecule has 0 aliphatic heterocycles. The molecule has 0 spiro atoms. The number of allylic oxidation sites excluding steroid dienone is 1. The van der Waals surface area contributed by atoms with Crippen molar-refractivity contribution in [3.8, 4) is 0 Å². The van der Waals surface area contributed by atoms with E-state index in [1.807, 2.05) is 7.11 Å². The Morgan fingerprint density at radius 2 is 1.70 bits per heavy atom. The zero-order valence-corrected chi connectivity index (χ0v) is 15.7. The van der Waals surface area contributed by atoms with Gasteiger partial charge in [-0.2, -0.15) is 0 Å². The molecular weight excluding hydrogens is 286 g/mol. The van der Waals surface area contributed by atoms with Gasteiger partial charge in [0.15, 0.2) is 0 Å². The molecule has 23 heavy (non-hydrogen) atoms. The molecule has 1 N–H and O–H groups in total. The number of hydrogen-bond donors (Lipinski definition) is 1. The summed E-state index contributed by atoms with van der Waals surface area (Å²) in [6.07, 6.45) is 19.8. The SMILES string of the molecule is CCCCCCC(C/C=C/CCCCCCCNC(C)=O)OC. The van der Waals surface area contributed by atoms with Crippen molar-refractivity contribution in [2.45, 2.75) is 97.0 Å². The lowest BCUT2D eigenvalue weighted by atomic mass is 10.1. The average Bonchev–Trinajstić information content (AvgIpc) is 2.54. The first-order valence-electron chi connectivity index (χ1n) is 9.63. The maximum Gasteiger partial charge on any atom is 0.216 e. The molecule has 0 aliphatic carbocycles. The van der Waals surface area contributed by atoms with Crippen LogP contribution in [-0.2, 0) is 9.53 Å². The lowest BCUT2D eigenvalue weighted by Crippen LogP contribution is -2.20. The van der Waals surface area contributed by atoms with Gasteiger partial charge in [-0.3, -0.25) is 4.79 Å². The molecule has 0 radical (unpaired) electrons. The number of hydrogen-bond acceptors (Lipinski definition) is 2. The van der Waals surface area contributed by atoms with Crippen molar-refractivity contribution in [2.75, 3.05) is 13.7 Å². The number of nitrogens with one attached hydrogen (secondary N) is 1. The van der Waals surface area contributed by atoms with Crippen LogP contribution in [0.2, 0.25) is 0 Å². The van der Waals surface area contributed by atoms with E-state index in [0.717, 1.165) is 19.4 Å². The van der Waals surface area contributed by atoms with Gasteiger partial charge >= 0.3 is 0 Å². The summed E-state index contributed by atoms with van der Waals surface area (Å²) in [6, 6.07) is 0. The largest absolute Gasteiger partial charge is 0.381 e. The number of carbonyl (C=O) groups is 1. The molecule has 0 bridgehead atoms. The average molecular weight is 326 g/mol. The molecule has 0 rings (SSSR count). The van der Waals surface area contributed by atoms with Crippen LogP contribution in [0, 0.1) is 0 Å². The first-order chi connectivity index (χ1) is 11.2. The summed E-state index contributed by atoms with van der Waals surface area (Å²) < 4.78 is 5.55. The Kier molecular flexibility index (Phi) is 16.9. The predicted octanol–water partition coefficient (Wildman–Crippen LogP) is 5.39.